The number of hydrogen-bond acceptors (Lipinski definition) is 4. The predicted octanol–water partition coefficient (Wildman–Crippen LogP) is -0.0250. The molecule has 0 fully saturated rings. The molecule has 0 bridgehead atoms. The van der Waals surface area contributed by atoms with Crippen molar-refractivity contribution in [3.05, 3.63) is 0 Å². The first kappa shape index (κ1) is 6.80. The molecule has 4 heteroatoms. The summed E-state index contributed by atoms with van der Waals surface area (Å²) in [6.07, 6.45) is 0. The maximum atomic E-state index is 10.4. The molecule has 52 valence electrons. The van der Waals surface area contributed by atoms with Gasteiger partial charge in [-0.3, -0.25) is 9.59 Å². The summed E-state index contributed by atoms with van der Waals surface area (Å²) in [5.74, 6) is -0.120. The Hall–Kier alpha value is -1.32. The van der Waals surface area contributed by atoms with E-state index < -0.39 is 0 Å². The van der Waals surface area contributed by atoms with Crippen LogP contribution in [0.3, 0.4) is 0 Å². The standard InChI is InChI=1S/C6H6N2O2/c1-3(9)5-7-6(8-5)4(2)10/h1-2H3. The molecule has 0 aliphatic carbocycles. The summed E-state index contributed by atoms with van der Waals surface area (Å²) in [7, 11) is 0. The Labute approximate surface area is 57.7 Å². The maximum Gasteiger partial charge on any atom is 0.199 e. The van der Waals surface area contributed by atoms with Gasteiger partial charge in [-0.15, -0.1) is 0 Å². The molecule has 0 amide bonds. The van der Waals surface area contributed by atoms with Gasteiger partial charge in [0.25, 0.3) is 0 Å². The van der Waals surface area contributed by atoms with Crippen LogP contribution in [0.2, 0.25) is 0 Å². The van der Waals surface area contributed by atoms with E-state index in [1.807, 2.05) is 0 Å². The predicted molar refractivity (Wildman–Crippen MR) is 36.2 cm³/mol. The molecule has 0 N–H and O–H groups in total. The van der Waals surface area contributed by atoms with Gasteiger partial charge in [-0.1, -0.05) is 0 Å². The summed E-state index contributed by atoms with van der Waals surface area (Å²) in [6.45, 7) is 2.72. The second-order valence-electron chi connectivity index (χ2n) is 1.98. The van der Waals surface area contributed by atoms with Crippen LogP contribution < -0.4 is 0 Å². The Morgan fingerprint density at radius 1 is 1.00 bits per heavy atom. The summed E-state index contributed by atoms with van der Waals surface area (Å²) >= 11 is 0. The molecule has 0 atom stereocenters. The molecule has 0 unspecified atom stereocenters. The minimum Gasteiger partial charge on any atom is -0.291 e. The third-order valence-corrected chi connectivity index (χ3v) is 1.05. The lowest BCUT2D eigenvalue weighted by molar-refractivity contribution is -0.111. The lowest BCUT2D eigenvalue weighted by atomic mass is 10.3. The average Bonchev–Trinajstić information content (AvgIpc) is 1.56. The summed E-state index contributed by atoms with van der Waals surface area (Å²) in [5, 5.41) is 0. The molecule has 0 saturated carbocycles. The second kappa shape index (κ2) is 2.13. The van der Waals surface area contributed by atoms with E-state index in [0.717, 1.165) is 0 Å². The van der Waals surface area contributed by atoms with Crippen molar-refractivity contribution < 1.29 is 9.59 Å². The van der Waals surface area contributed by atoms with Crippen molar-refractivity contribution >= 4 is 23.2 Å². The first-order valence-electron chi connectivity index (χ1n) is 2.80. The minimum absolute atomic E-state index is 0.144. The molecular formula is C6H6N2O2. The fourth-order valence-corrected chi connectivity index (χ4v) is 0.521. The smallest absolute Gasteiger partial charge is 0.199 e. The number of rotatable bonds is 2. The highest BCUT2D eigenvalue weighted by molar-refractivity contribution is 6.55. The van der Waals surface area contributed by atoms with Crippen LogP contribution in [0, 0.1) is 0 Å². The molecule has 0 aromatic carbocycles. The molecule has 4 nitrogen and oxygen atoms in total. The van der Waals surface area contributed by atoms with E-state index in [2.05, 4.69) is 9.98 Å². The monoisotopic (exact) mass is 138 g/mol. The van der Waals surface area contributed by atoms with Crippen LogP contribution in [0.4, 0.5) is 0 Å². The lowest BCUT2D eigenvalue weighted by Gasteiger charge is -2.05. The average molecular weight is 138 g/mol. The topological polar surface area (TPSA) is 58.9 Å². The summed E-state index contributed by atoms with van der Waals surface area (Å²) in [4.78, 5) is 28.1. The van der Waals surface area contributed by atoms with Crippen LogP contribution in [-0.4, -0.2) is 23.2 Å². The maximum absolute atomic E-state index is 10.4. The van der Waals surface area contributed by atoms with Gasteiger partial charge in [-0.05, 0) is 0 Å². The molecule has 0 radical (unpaired) electrons. The van der Waals surface area contributed by atoms with Gasteiger partial charge >= 0.3 is 0 Å². The van der Waals surface area contributed by atoms with Crippen LogP contribution in [0.1, 0.15) is 13.8 Å². The van der Waals surface area contributed by atoms with E-state index in [-0.39, 0.29) is 23.2 Å². The molecule has 0 aromatic rings. The summed E-state index contributed by atoms with van der Waals surface area (Å²) in [5.41, 5.74) is 0. The molecule has 0 saturated heterocycles. The highest BCUT2D eigenvalue weighted by Crippen LogP contribution is 2.00. The number of aliphatic imine (C=N–C) groups is 2. The molecule has 0 aromatic heterocycles. The van der Waals surface area contributed by atoms with Gasteiger partial charge in [0, 0.05) is 13.8 Å². The van der Waals surface area contributed by atoms with Gasteiger partial charge in [0.1, 0.15) is 0 Å². The van der Waals surface area contributed by atoms with Crippen molar-refractivity contribution in [3.8, 4) is 0 Å². The van der Waals surface area contributed by atoms with Gasteiger partial charge in [0.05, 0.1) is 0 Å². The normalized spacial score (nSPS) is 15.0. The zero-order valence-electron chi connectivity index (χ0n) is 5.71. The number of ketones is 2. The van der Waals surface area contributed by atoms with Crippen molar-refractivity contribution in [2.45, 2.75) is 13.8 Å². The SMILES string of the molecule is CC(=O)C1=NC(C(C)=O)=N1. The Morgan fingerprint density at radius 3 is 1.50 bits per heavy atom. The summed E-state index contributed by atoms with van der Waals surface area (Å²) < 4.78 is 0. The van der Waals surface area contributed by atoms with E-state index in [9.17, 15) is 9.59 Å². The Balaban J connectivity index is 2.62. The zero-order valence-corrected chi connectivity index (χ0v) is 5.71. The highest BCUT2D eigenvalue weighted by Gasteiger charge is 2.18. The van der Waals surface area contributed by atoms with Crippen LogP contribution in [0.25, 0.3) is 0 Å². The van der Waals surface area contributed by atoms with E-state index >= 15 is 0 Å². The number of carbonyl (C=O) groups is 2. The van der Waals surface area contributed by atoms with Crippen molar-refractivity contribution in [1.82, 2.24) is 0 Å². The number of amidine groups is 2. The highest BCUT2D eigenvalue weighted by atomic mass is 16.1. The number of Topliss-reactive ketones (excluding diaryl/α,β-unsaturated/α-hetero) is 2. The Bertz CT molecular complexity index is 229. The molecular weight excluding hydrogens is 132 g/mol. The fourth-order valence-electron chi connectivity index (χ4n) is 0.521. The van der Waals surface area contributed by atoms with Crippen molar-refractivity contribution in [1.29, 1.82) is 0 Å². The van der Waals surface area contributed by atoms with E-state index in [0.29, 0.717) is 0 Å². The van der Waals surface area contributed by atoms with Crippen molar-refractivity contribution in [2.24, 2.45) is 9.98 Å². The van der Waals surface area contributed by atoms with Crippen LogP contribution in [0.5, 0.6) is 0 Å². The van der Waals surface area contributed by atoms with E-state index in [4.69, 9.17) is 0 Å². The van der Waals surface area contributed by atoms with E-state index in [1.165, 1.54) is 13.8 Å². The van der Waals surface area contributed by atoms with Gasteiger partial charge in [0.2, 0.25) is 0 Å². The van der Waals surface area contributed by atoms with Crippen LogP contribution in [-0.2, 0) is 9.59 Å². The van der Waals surface area contributed by atoms with Crippen LogP contribution >= 0.6 is 0 Å². The quantitative estimate of drug-likeness (QED) is 0.538. The zero-order chi connectivity index (χ0) is 7.72. The largest absolute Gasteiger partial charge is 0.291 e. The minimum atomic E-state index is -0.204. The third kappa shape index (κ3) is 1.00. The molecule has 10 heavy (non-hydrogen) atoms. The molecule has 1 aliphatic heterocycles. The number of nitrogens with zero attached hydrogens (tertiary/aromatic N) is 2. The molecule has 1 heterocycles. The van der Waals surface area contributed by atoms with Crippen LogP contribution in [0.15, 0.2) is 9.98 Å². The van der Waals surface area contributed by atoms with Crippen molar-refractivity contribution in [2.75, 3.05) is 0 Å². The van der Waals surface area contributed by atoms with Gasteiger partial charge in [-0.2, -0.15) is 0 Å². The lowest BCUT2D eigenvalue weighted by Crippen LogP contribution is -2.24. The molecule has 1 aliphatic rings. The van der Waals surface area contributed by atoms with Gasteiger partial charge in [-0.25, -0.2) is 9.98 Å². The third-order valence-electron chi connectivity index (χ3n) is 1.05. The summed E-state index contributed by atoms with van der Waals surface area (Å²) in [6, 6.07) is 0. The second-order valence-corrected chi connectivity index (χ2v) is 1.98. The Kier molecular flexibility index (Phi) is 1.45. The van der Waals surface area contributed by atoms with E-state index in [1.54, 1.807) is 0 Å². The van der Waals surface area contributed by atoms with Gasteiger partial charge in [0.15, 0.2) is 23.2 Å². The first-order valence-corrected chi connectivity index (χ1v) is 2.80. The van der Waals surface area contributed by atoms with Crippen molar-refractivity contribution in [3.63, 3.8) is 0 Å². The first-order chi connectivity index (χ1) is 4.61. The molecule has 0 spiro atoms. The number of carbonyl (C=O) groups excluding carboxylic acids is 2. The number of hydrogen-bond donors (Lipinski definition) is 0. The van der Waals surface area contributed by atoms with Gasteiger partial charge < -0.3 is 0 Å². The fraction of sp³-hybridized carbons (Fsp3) is 0.333. The Morgan fingerprint density at radius 2 is 1.30 bits per heavy atom. The molecule has 1 rings (SSSR count).